The number of benzene rings is 1. The van der Waals surface area contributed by atoms with Crippen molar-refractivity contribution in [2.24, 2.45) is 5.92 Å². The van der Waals surface area contributed by atoms with E-state index in [4.69, 9.17) is 0 Å². The Morgan fingerprint density at radius 3 is 2.32 bits per heavy atom. The van der Waals surface area contributed by atoms with E-state index in [0.29, 0.717) is 11.8 Å². The molecule has 0 heterocycles. The molecule has 1 atom stereocenters. The summed E-state index contributed by atoms with van der Waals surface area (Å²) in [7, 11) is -0.686. The zero-order chi connectivity index (χ0) is 13.7. The van der Waals surface area contributed by atoms with Gasteiger partial charge in [0.15, 0.2) is 0 Å². The fourth-order valence-corrected chi connectivity index (χ4v) is 4.40. The maximum atomic E-state index is 12.2. The van der Waals surface area contributed by atoms with Gasteiger partial charge in [0.1, 0.15) is 0 Å². The summed E-state index contributed by atoms with van der Waals surface area (Å²) in [5.74, 6) is 2.92. The van der Waals surface area contributed by atoms with Crippen molar-refractivity contribution >= 4 is 10.8 Å². The van der Waals surface area contributed by atoms with E-state index in [1.54, 1.807) is 0 Å². The van der Waals surface area contributed by atoms with Crippen molar-refractivity contribution in [1.29, 1.82) is 0 Å². The molecule has 0 aliphatic heterocycles. The minimum atomic E-state index is -0.686. The van der Waals surface area contributed by atoms with E-state index in [0.717, 1.165) is 11.5 Å². The average molecular weight is 278 g/mol. The minimum Gasteiger partial charge on any atom is -0.259 e. The quantitative estimate of drug-likeness (QED) is 0.767. The van der Waals surface area contributed by atoms with Crippen LogP contribution in [-0.4, -0.2) is 9.96 Å². The molecule has 0 aromatic heterocycles. The molecule has 19 heavy (non-hydrogen) atoms. The molecule has 1 aromatic carbocycles. The highest BCUT2D eigenvalue weighted by Gasteiger charge is 2.16. The topological polar surface area (TPSA) is 17.1 Å². The van der Waals surface area contributed by atoms with Crippen molar-refractivity contribution in [1.82, 2.24) is 0 Å². The van der Waals surface area contributed by atoms with Gasteiger partial charge in [0, 0.05) is 22.3 Å². The van der Waals surface area contributed by atoms with Crippen molar-refractivity contribution in [3.05, 3.63) is 35.4 Å². The number of hydrogen-bond acceptors (Lipinski definition) is 1. The molecule has 0 saturated heterocycles. The van der Waals surface area contributed by atoms with Crippen LogP contribution in [0.5, 0.6) is 0 Å². The van der Waals surface area contributed by atoms with E-state index >= 15 is 0 Å². The Bertz CT molecular complexity index is 402. The molecule has 0 amide bonds. The molecule has 1 saturated carbocycles. The Kier molecular flexibility index (Phi) is 5.62. The second-order valence-electron chi connectivity index (χ2n) is 6.15. The van der Waals surface area contributed by atoms with Crippen LogP contribution in [0.4, 0.5) is 0 Å². The fraction of sp³-hybridized carbons (Fsp3) is 0.647. The van der Waals surface area contributed by atoms with Gasteiger partial charge in [-0.2, -0.15) is 0 Å². The molecule has 1 aliphatic carbocycles. The van der Waals surface area contributed by atoms with E-state index in [2.05, 4.69) is 38.1 Å². The predicted octanol–water partition coefficient (Wildman–Crippen LogP) is 4.64. The first-order valence-electron chi connectivity index (χ1n) is 7.59. The van der Waals surface area contributed by atoms with Crippen LogP contribution >= 0.6 is 0 Å². The minimum absolute atomic E-state index is 0.571. The van der Waals surface area contributed by atoms with Gasteiger partial charge < -0.3 is 0 Å². The van der Waals surface area contributed by atoms with E-state index in [1.165, 1.54) is 43.2 Å². The largest absolute Gasteiger partial charge is 0.259 e. The van der Waals surface area contributed by atoms with Crippen LogP contribution in [0.3, 0.4) is 0 Å². The molecule has 0 N–H and O–H groups in total. The second-order valence-corrected chi connectivity index (χ2v) is 7.65. The Morgan fingerprint density at radius 2 is 1.74 bits per heavy atom. The van der Waals surface area contributed by atoms with Crippen LogP contribution in [0, 0.1) is 5.92 Å². The Morgan fingerprint density at radius 1 is 1.11 bits per heavy atom. The van der Waals surface area contributed by atoms with Crippen molar-refractivity contribution in [3.8, 4) is 0 Å². The van der Waals surface area contributed by atoms with Gasteiger partial charge in [0.25, 0.3) is 0 Å². The zero-order valence-electron chi connectivity index (χ0n) is 12.2. The highest BCUT2D eigenvalue weighted by Crippen LogP contribution is 2.25. The Balaban J connectivity index is 1.84. The summed E-state index contributed by atoms with van der Waals surface area (Å²) in [6.07, 6.45) is 6.63. The Labute approximate surface area is 120 Å². The Hall–Kier alpha value is -0.630. The van der Waals surface area contributed by atoms with Gasteiger partial charge in [-0.15, -0.1) is 0 Å². The first kappa shape index (κ1) is 14.8. The van der Waals surface area contributed by atoms with Crippen LogP contribution in [-0.2, 0) is 16.6 Å². The average Bonchev–Trinajstić information content (AvgIpc) is 2.40. The molecule has 1 fully saturated rings. The fourth-order valence-electron chi connectivity index (χ4n) is 2.86. The van der Waals surface area contributed by atoms with Crippen molar-refractivity contribution in [2.45, 2.75) is 57.6 Å². The van der Waals surface area contributed by atoms with Gasteiger partial charge in [-0.3, -0.25) is 4.21 Å². The van der Waals surface area contributed by atoms with Gasteiger partial charge >= 0.3 is 0 Å². The zero-order valence-corrected chi connectivity index (χ0v) is 13.0. The maximum absolute atomic E-state index is 12.2. The predicted molar refractivity (Wildman–Crippen MR) is 83.8 cm³/mol. The normalized spacial score (nSPS) is 18.7. The van der Waals surface area contributed by atoms with E-state index in [9.17, 15) is 4.21 Å². The molecule has 0 bridgehead atoms. The van der Waals surface area contributed by atoms with Crippen LogP contribution < -0.4 is 0 Å². The van der Waals surface area contributed by atoms with E-state index in [1.807, 2.05) is 0 Å². The highest BCUT2D eigenvalue weighted by atomic mass is 32.2. The van der Waals surface area contributed by atoms with Crippen LogP contribution in [0.15, 0.2) is 24.3 Å². The number of hydrogen-bond donors (Lipinski definition) is 0. The summed E-state index contributed by atoms with van der Waals surface area (Å²) in [4.78, 5) is 0. The summed E-state index contributed by atoms with van der Waals surface area (Å²) >= 11 is 0. The summed E-state index contributed by atoms with van der Waals surface area (Å²) in [6, 6.07) is 8.65. The molecule has 2 heteroatoms. The molecular weight excluding hydrogens is 252 g/mol. The second kappa shape index (κ2) is 7.23. The maximum Gasteiger partial charge on any atom is 0.0485 e. The third kappa shape index (κ3) is 4.76. The van der Waals surface area contributed by atoms with E-state index < -0.39 is 10.8 Å². The summed E-state index contributed by atoms with van der Waals surface area (Å²) < 4.78 is 12.2. The lowest BCUT2D eigenvalue weighted by atomic mass is 9.91. The highest BCUT2D eigenvalue weighted by molar-refractivity contribution is 7.84. The first-order valence-corrected chi connectivity index (χ1v) is 9.08. The summed E-state index contributed by atoms with van der Waals surface area (Å²) in [6.45, 7) is 4.41. The van der Waals surface area contributed by atoms with Gasteiger partial charge in [-0.1, -0.05) is 57.4 Å². The molecule has 2 rings (SSSR count). The van der Waals surface area contributed by atoms with E-state index in [-0.39, 0.29) is 0 Å². The SMILES string of the molecule is CC(C)c1ccc(CS(=O)CC2CCCCC2)cc1. The summed E-state index contributed by atoms with van der Waals surface area (Å²) in [5.41, 5.74) is 2.58. The lowest BCUT2D eigenvalue weighted by molar-refractivity contribution is 0.388. The smallest absolute Gasteiger partial charge is 0.0485 e. The molecule has 0 radical (unpaired) electrons. The summed E-state index contributed by atoms with van der Waals surface area (Å²) in [5, 5.41) is 0. The third-order valence-corrected chi connectivity index (χ3v) is 5.62. The van der Waals surface area contributed by atoms with Crippen LogP contribution in [0.2, 0.25) is 0 Å². The van der Waals surface area contributed by atoms with Gasteiger partial charge in [0.2, 0.25) is 0 Å². The molecule has 106 valence electrons. The molecule has 1 unspecified atom stereocenters. The van der Waals surface area contributed by atoms with Gasteiger partial charge in [0.05, 0.1) is 0 Å². The number of rotatable bonds is 5. The molecular formula is C17H26OS. The third-order valence-electron chi connectivity index (χ3n) is 4.12. The molecule has 1 aromatic rings. The monoisotopic (exact) mass is 278 g/mol. The molecule has 1 nitrogen and oxygen atoms in total. The van der Waals surface area contributed by atoms with Crippen molar-refractivity contribution < 1.29 is 4.21 Å². The van der Waals surface area contributed by atoms with Gasteiger partial charge in [-0.05, 0) is 35.8 Å². The van der Waals surface area contributed by atoms with Crippen LogP contribution in [0.1, 0.15) is 63.0 Å². The van der Waals surface area contributed by atoms with Crippen molar-refractivity contribution in [2.75, 3.05) is 5.75 Å². The van der Waals surface area contributed by atoms with Crippen LogP contribution in [0.25, 0.3) is 0 Å². The lowest BCUT2D eigenvalue weighted by Crippen LogP contribution is -2.15. The van der Waals surface area contributed by atoms with Crippen molar-refractivity contribution in [3.63, 3.8) is 0 Å². The molecule has 1 aliphatic rings. The standard InChI is InChI=1S/C17H26OS/c1-14(2)17-10-8-16(9-11-17)13-19(18)12-15-6-4-3-5-7-15/h8-11,14-15H,3-7,12-13H2,1-2H3. The molecule has 0 spiro atoms. The van der Waals surface area contributed by atoms with Gasteiger partial charge in [-0.25, -0.2) is 0 Å². The lowest BCUT2D eigenvalue weighted by Gasteiger charge is -2.20. The first-order chi connectivity index (χ1) is 9.15.